The Hall–Kier alpha value is -0.0800. The third-order valence-corrected chi connectivity index (χ3v) is 3.17. The van der Waals surface area contributed by atoms with Gasteiger partial charge in [0.15, 0.2) is 0 Å². The van der Waals surface area contributed by atoms with E-state index in [0.29, 0.717) is 5.41 Å². The second kappa shape index (κ2) is 6.49. The average molecular weight is 213 g/mol. The highest BCUT2D eigenvalue weighted by Crippen LogP contribution is 2.22. The van der Waals surface area contributed by atoms with E-state index in [1.165, 1.54) is 38.8 Å². The Morgan fingerprint density at radius 2 is 1.87 bits per heavy atom. The van der Waals surface area contributed by atoms with E-state index in [0.717, 1.165) is 19.8 Å². The molecule has 2 nitrogen and oxygen atoms in total. The van der Waals surface area contributed by atoms with E-state index in [1.807, 2.05) is 0 Å². The van der Waals surface area contributed by atoms with E-state index < -0.39 is 0 Å². The van der Waals surface area contributed by atoms with Crippen LogP contribution in [0.4, 0.5) is 0 Å². The van der Waals surface area contributed by atoms with Crippen LogP contribution in [0.15, 0.2) is 0 Å². The molecule has 0 unspecified atom stereocenters. The number of likely N-dealkylation sites (tertiary alicyclic amines) is 1. The zero-order valence-electron chi connectivity index (χ0n) is 10.7. The summed E-state index contributed by atoms with van der Waals surface area (Å²) in [6.07, 6.45) is 5.27. The van der Waals surface area contributed by atoms with Crippen LogP contribution >= 0.6 is 0 Å². The van der Waals surface area contributed by atoms with Gasteiger partial charge in [-0.2, -0.15) is 0 Å². The molecule has 1 aliphatic heterocycles. The van der Waals surface area contributed by atoms with Gasteiger partial charge in [-0.25, -0.2) is 0 Å². The van der Waals surface area contributed by atoms with Crippen molar-refractivity contribution in [3.05, 3.63) is 0 Å². The van der Waals surface area contributed by atoms with Gasteiger partial charge < -0.3 is 9.64 Å². The topological polar surface area (TPSA) is 12.5 Å². The predicted octanol–water partition coefficient (Wildman–Crippen LogP) is 2.93. The van der Waals surface area contributed by atoms with E-state index in [-0.39, 0.29) is 0 Å². The number of hydrogen-bond donors (Lipinski definition) is 0. The Kier molecular flexibility index (Phi) is 5.62. The van der Waals surface area contributed by atoms with Crippen LogP contribution in [0.2, 0.25) is 0 Å². The Labute approximate surface area is 95.0 Å². The summed E-state index contributed by atoms with van der Waals surface area (Å²) < 4.78 is 5.77. The van der Waals surface area contributed by atoms with Crippen molar-refractivity contribution in [1.82, 2.24) is 4.90 Å². The third kappa shape index (κ3) is 5.53. The van der Waals surface area contributed by atoms with E-state index in [4.69, 9.17) is 4.74 Å². The summed E-state index contributed by atoms with van der Waals surface area (Å²) in [5, 5.41) is 0. The molecule has 0 saturated carbocycles. The Balaban J connectivity index is 2.00. The SMILES string of the molecule is CCCC(C)(C)COCCN1CCCC1. The molecule has 90 valence electrons. The molecule has 1 saturated heterocycles. The maximum Gasteiger partial charge on any atom is 0.0593 e. The quantitative estimate of drug-likeness (QED) is 0.603. The van der Waals surface area contributed by atoms with Crippen molar-refractivity contribution in [3.63, 3.8) is 0 Å². The maximum atomic E-state index is 5.77. The minimum Gasteiger partial charge on any atom is -0.380 e. The summed E-state index contributed by atoms with van der Waals surface area (Å²) in [6.45, 7) is 12.3. The van der Waals surface area contributed by atoms with Crippen molar-refractivity contribution in [2.45, 2.75) is 46.5 Å². The summed E-state index contributed by atoms with van der Waals surface area (Å²) in [4.78, 5) is 2.51. The first-order valence-electron chi connectivity index (χ1n) is 6.44. The fraction of sp³-hybridized carbons (Fsp3) is 1.00. The largest absolute Gasteiger partial charge is 0.380 e. The molecule has 1 fully saturated rings. The van der Waals surface area contributed by atoms with Crippen LogP contribution in [0.5, 0.6) is 0 Å². The van der Waals surface area contributed by atoms with Gasteiger partial charge in [-0.05, 0) is 37.8 Å². The van der Waals surface area contributed by atoms with Crippen LogP contribution in [-0.4, -0.2) is 37.7 Å². The van der Waals surface area contributed by atoms with Crippen molar-refractivity contribution >= 4 is 0 Å². The summed E-state index contributed by atoms with van der Waals surface area (Å²) in [7, 11) is 0. The van der Waals surface area contributed by atoms with Gasteiger partial charge >= 0.3 is 0 Å². The lowest BCUT2D eigenvalue weighted by molar-refractivity contribution is 0.0465. The number of hydrogen-bond acceptors (Lipinski definition) is 2. The molecule has 2 heteroatoms. The lowest BCUT2D eigenvalue weighted by Gasteiger charge is -2.24. The molecule has 0 aliphatic carbocycles. The van der Waals surface area contributed by atoms with Crippen LogP contribution in [-0.2, 0) is 4.74 Å². The molecule has 0 aromatic heterocycles. The smallest absolute Gasteiger partial charge is 0.0593 e. The fourth-order valence-corrected chi connectivity index (χ4v) is 2.30. The van der Waals surface area contributed by atoms with E-state index in [1.54, 1.807) is 0 Å². The molecule has 0 amide bonds. The average Bonchev–Trinajstić information content (AvgIpc) is 2.65. The van der Waals surface area contributed by atoms with Crippen molar-refractivity contribution in [2.75, 3.05) is 32.8 Å². The zero-order chi connectivity index (χ0) is 11.1. The van der Waals surface area contributed by atoms with Crippen molar-refractivity contribution in [3.8, 4) is 0 Å². The molecule has 1 heterocycles. The monoisotopic (exact) mass is 213 g/mol. The van der Waals surface area contributed by atoms with Crippen molar-refractivity contribution in [2.24, 2.45) is 5.41 Å². The molecule has 0 aromatic rings. The molecule has 0 spiro atoms. The molecule has 0 radical (unpaired) electrons. The summed E-state index contributed by atoms with van der Waals surface area (Å²) in [6, 6.07) is 0. The van der Waals surface area contributed by atoms with E-state index >= 15 is 0 Å². The minimum absolute atomic E-state index is 0.361. The van der Waals surface area contributed by atoms with E-state index in [9.17, 15) is 0 Å². The molecular weight excluding hydrogens is 186 g/mol. The van der Waals surface area contributed by atoms with Crippen molar-refractivity contribution < 1.29 is 4.74 Å². The highest BCUT2D eigenvalue weighted by molar-refractivity contribution is 4.68. The van der Waals surface area contributed by atoms with E-state index in [2.05, 4.69) is 25.7 Å². The Morgan fingerprint density at radius 1 is 1.20 bits per heavy atom. The third-order valence-electron chi connectivity index (χ3n) is 3.17. The fourth-order valence-electron chi connectivity index (χ4n) is 2.30. The molecular formula is C13H27NO. The summed E-state index contributed by atoms with van der Waals surface area (Å²) >= 11 is 0. The van der Waals surface area contributed by atoms with Crippen LogP contribution in [0.3, 0.4) is 0 Å². The second-order valence-corrected chi connectivity index (χ2v) is 5.52. The van der Waals surface area contributed by atoms with Gasteiger partial charge in [-0.3, -0.25) is 0 Å². The minimum atomic E-state index is 0.361. The molecule has 0 atom stereocenters. The molecule has 1 aliphatic rings. The van der Waals surface area contributed by atoms with Crippen LogP contribution in [0.25, 0.3) is 0 Å². The van der Waals surface area contributed by atoms with Crippen molar-refractivity contribution in [1.29, 1.82) is 0 Å². The molecule has 0 bridgehead atoms. The Morgan fingerprint density at radius 3 is 2.47 bits per heavy atom. The molecule has 0 aromatic carbocycles. The Bertz CT molecular complexity index is 162. The molecule has 1 rings (SSSR count). The van der Waals surface area contributed by atoms with Crippen LogP contribution < -0.4 is 0 Å². The van der Waals surface area contributed by atoms with Gasteiger partial charge in [0.1, 0.15) is 0 Å². The first-order valence-corrected chi connectivity index (χ1v) is 6.44. The zero-order valence-corrected chi connectivity index (χ0v) is 10.7. The number of ether oxygens (including phenoxy) is 1. The van der Waals surface area contributed by atoms with Crippen LogP contribution in [0, 0.1) is 5.41 Å². The van der Waals surface area contributed by atoms with Gasteiger partial charge in [0.25, 0.3) is 0 Å². The normalized spacial score (nSPS) is 18.6. The second-order valence-electron chi connectivity index (χ2n) is 5.52. The van der Waals surface area contributed by atoms with Gasteiger partial charge in [-0.15, -0.1) is 0 Å². The van der Waals surface area contributed by atoms with Gasteiger partial charge in [0.05, 0.1) is 13.2 Å². The summed E-state index contributed by atoms with van der Waals surface area (Å²) in [5.74, 6) is 0. The number of nitrogens with zero attached hydrogens (tertiary/aromatic N) is 1. The predicted molar refractivity (Wildman–Crippen MR) is 65.2 cm³/mol. The highest BCUT2D eigenvalue weighted by Gasteiger charge is 2.17. The first kappa shape index (κ1) is 13.0. The van der Waals surface area contributed by atoms with Gasteiger partial charge in [0.2, 0.25) is 0 Å². The van der Waals surface area contributed by atoms with Gasteiger partial charge in [0, 0.05) is 6.54 Å². The highest BCUT2D eigenvalue weighted by atomic mass is 16.5. The first-order chi connectivity index (χ1) is 7.14. The summed E-state index contributed by atoms with van der Waals surface area (Å²) in [5.41, 5.74) is 0.361. The lowest BCUT2D eigenvalue weighted by atomic mass is 9.89. The lowest BCUT2D eigenvalue weighted by Crippen LogP contribution is -2.26. The number of rotatable bonds is 7. The molecule has 15 heavy (non-hydrogen) atoms. The molecule has 0 N–H and O–H groups in total. The van der Waals surface area contributed by atoms with Crippen LogP contribution in [0.1, 0.15) is 46.5 Å². The maximum absolute atomic E-state index is 5.77. The standard InChI is InChI=1S/C13H27NO/c1-4-7-13(2,3)12-15-11-10-14-8-5-6-9-14/h4-12H2,1-3H3. The van der Waals surface area contributed by atoms with Gasteiger partial charge in [-0.1, -0.05) is 27.2 Å².